The highest BCUT2D eigenvalue weighted by Crippen LogP contribution is 2.26. The molecule has 2 rings (SSSR count). The summed E-state index contributed by atoms with van der Waals surface area (Å²) in [5, 5.41) is 6.19. The lowest BCUT2D eigenvalue weighted by molar-refractivity contribution is 0.221. The van der Waals surface area contributed by atoms with E-state index in [0.717, 1.165) is 16.9 Å². The largest absolute Gasteiger partial charge is 0.494 e. The van der Waals surface area contributed by atoms with E-state index in [4.69, 9.17) is 21.1 Å². The molecule has 2 N–H and O–H groups in total. The average molecular weight is 363 g/mol. The van der Waals surface area contributed by atoms with Crippen LogP contribution in [0.2, 0.25) is 5.02 Å². The Morgan fingerprint density at radius 1 is 1.16 bits per heavy atom. The van der Waals surface area contributed by atoms with E-state index in [2.05, 4.69) is 10.6 Å². The minimum Gasteiger partial charge on any atom is -0.494 e. The van der Waals surface area contributed by atoms with Gasteiger partial charge < -0.3 is 20.1 Å². The molecule has 0 aliphatic rings. The van der Waals surface area contributed by atoms with Crippen LogP contribution in [0.5, 0.6) is 11.5 Å². The highest BCUT2D eigenvalue weighted by atomic mass is 35.5. The highest BCUT2D eigenvalue weighted by Gasteiger charge is 2.14. The minimum atomic E-state index is -0.314. The van der Waals surface area contributed by atoms with Crippen molar-refractivity contribution in [1.29, 1.82) is 0 Å². The fourth-order valence-corrected chi connectivity index (χ4v) is 2.46. The lowest BCUT2D eigenvalue weighted by atomic mass is 10.0. The number of aryl methyl sites for hydroxylation is 1. The van der Waals surface area contributed by atoms with E-state index in [1.807, 2.05) is 39.0 Å². The van der Waals surface area contributed by atoms with Crippen LogP contribution < -0.4 is 20.1 Å². The Kier molecular flexibility index (Phi) is 6.95. The van der Waals surface area contributed by atoms with Crippen LogP contribution in [-0.2, 0) is 0 Å². The molecule has 25 heavy (non-hydrogen) atoms. The second kappa shape index (κ2) is 9.18. The first-order valence-electron chi connectivity index (χ1n) is 8.15. The van der Waals surface area contributed by atoms with Crippen molar-refractivity contribution in [2.24, 2.45) is 0 Å². The van der Waals surface area contributed by atoms with E-state index < -0.39 is 0 Å². The predicted octanol–water partition coefficient (Wildman–Crippen LogP) is 4.44. The summed E-state index contributed by atoms with van der Waals surface area (Å²) in [6, 6.07) is 12.4. The van der Waals surface area contributed by atoms with Crippen LogP contribution in [0.3, 0.4) is 0 Å². The predicted molar refractivity (Wildman–Crippen MR) is 99.4 cm³/mol. The second-order valence-electron chi connectivity index (χ2n) is 5.59. The molecule has 134 valence electrons. The van der Waals surface area contributed by atoms with Crippen LogP contribution in [0.15, 0.2) is 42.5 Å². The molecule has 5 nitrogen and oxygen atoms in total. The molecule has 0 spiro atoms. The van der Waals surface area contributed by atoms with Gasteiger partial charge in [0.15, 0.2) is 6.73 Å². The SMILES string of the molecule is CCOc1ccc(C)cc1C(C)NC(=O)NCOc1ccc(Cl)cc1. The van der Waals surface area contributed by atoms with E-state index in [9.17, 15) is 4.79 Å². The molecule has 0 saturated heterocycles. The molecule has 0 aliphatic heterocycles. The molecule has 1 atom stereocenters. The maximum atomic E-state index is 12.1. The highest BCUT2D eigenvalue weighted by molar-refractivity contribution is 6.30. The summed E-state index contributed by atoms with van der Waals surface area (Å²) in [5.41, 5.74) is 2.05. The standard InChI is InChI=1S/C19H23ClN2O3/c1-4-24-18-10-5-13(2)11-17(18)14(3)22-19(23)21-12-25-16-8-6-15(20)7-9-16/h5-11,14H,4,12H2,1-3H3,(H2,21,22,23). The average Bonchev–Trinajstić information content (AvgIpc) is 2.58. The molecule has 0 bridgehead atoms. The number of carbonyl (C=O) groups is 1. The second-order valence-corrected chi connectivity index (χ2v) is 6.03. The Bertz CT molecular complexity index is 704. The first kappa shape index (κ1) is 18.9. The lowest BCUT2D eigenvalue weighted by Gasteiger charge is -2.19. The molecule has 6 heteroatoms. The van der Waals surface area contributed by atoms with Gasteiger partial charge >= 0.3 is 6.03 Å². The zero-order valence-corrected chi connectivity index (χ0v) is 15.4. The molecule has 1 unspecified atom stereocenters. The summed E-state index contributed by atoms with van der Waals surface area (Å²) in [4.78, 5) is 12.1. The molecule has 0 aromatic heterocycles. The van der Waals surface area contributed by atoms with E-state index >= 15 is 0 Å². The topological polar surface area (TPSA) is 59.6 Å². The monoisotopic (exact) mass is 362 g/mol. The minimum absolute atomic E-state index is 0.0618. The molecule has 0 heterocycles. The number of benzene rings is 2. The van der Waals surface area contributed by atoms with Gasteiger partial charge in [-0.05, 0) is 51.1 Å². The van der Waals surface area contributed by atoms with Crippen LogP contribution in [0, 0.1) is 6.92 Å². The third kappa shape index (κ3) is 5.87. The van der Waals surface area contributed by atoms with Crippen molar-refractivity contribution in [2.75, 3.05) is 13.3 Å². The summed E-state index contributed by atoms with van der Waals surface area (Å²) in [6.45, 7) is 6.49. The number of nitrogens with one attached hydrogen (secondary N) is 2. The Labute approximate surface area is 153 Å². The fraction of sp³-hybridized carbons (Fsp3) is 0.316. The summed E-state index contributed by atoms with van der Waals surface area (Å²) < 4.78 is 11.1. The normalized spacial score (nSPS) is 11.5. The molecule has 2 amide bonds. The number of urea groups is 1. The van der Waals surface area contributed by atoms with Crippen LogP contribution >= 0.6 is 11.6 Å². The summed E-state index contributed by atoms with van der Waals surface area (Å²) in [6.07, 6.45) is 0. The zero-order chi connectivity index (χ0) is 18.2. The fourth-order valence-electron chi connectivity index (χ4n) is 2.33. The number of hydrogen-bond donors (Lipinski definition) is 2. The Morgan fingerprint density at radius 2 is 1.88 bits per heavy atom. The van der Waals surface area contributed by atoms with Gasteiger partial charge in [0.25, 0.3) is 0 Å². The molecular formula is C19H23ClN2O3. The van der Waals surface area contributed by atoms with Gasteiger partial charge in [-0.25, -0.2) is 4.79 Å². The van der Waals surface area contributed by atoms with Crippen LogP contribution in [0.25, 0.3) is 0 Å². The molecule has 2 aromatic rings. The summed E-state index contributed by atoms with van der Waals surface area (Å²) in [7, 11) is 0. The third-order valence-electron chi connectivity index (χ3n) is 3.56. The smallest absolute Gasteiger partial charge is 0.317 e. The van der Waals surface area contributed by atoms with Crippen LogP contribution in [-0.4, -0.2) is 19.4 Å². The summed E-state index contributed by atoms with van der Waals surface area (Å²) in [5.74, 6) is 1.41. The van der Waals surface area contributed by atoms with Gasteiger partial charge in [-0.3, -0.25) is 0 Å². The van der Waals surface area contributed by atoms with Crippen molar-refractivity contribution in [3.63, 3.8) is 0 Å². The quantitative estimate of drug-likeness (QED) is 0.715. The van der Waals surface area contributed by atoms with E-state index in [1.165, 1.54) is 0 Å². The van der Waals surface area contributed by atoms with Gasteiger partial charge in [-0.1, -0.05) is 29.3 Å². The van der Waals surface area contributed by atoms with E-state index in [-0.39, 0.29) is 18.8 Å². The number of amides is 2. The Hall–Kier alpha value is -2.40. The summed E-state index contributed by atoms with van der Waals surface area (Å²) >= 11 is 5.81. The van der Waals surface area contributed by atoms with Gasteiger partial charge in [-0.15, -0.1) is 0 Å². The third-order valence-corrected chi connectivity index (χ3v) is 3.82. The van der Waals surface area contributed by atoms with Gasteiger partial charge in [0.2, 0.25) is 0 Å². The van der Waals surface area contributed by atoms with Gasteiger partial charge in [-0.2, -0.15) is 0 Å². The number of ether oxygens (including phenoxy) is 2. The molecule has 2 aromatic carbocycles. The number of carbonyl (C=O) groups excluding carboxylic acids is 1. The molecule has 0 radical (unpaired) electrons. The van der Waals surface area contributed by atoms with Gasteiger partial charge in [0, 0.05) is 10.6 Å². The van der Waals surface area contributed by atoms with E-state index in [0.29, 0.717) is 17.4 Å². The van der Waals surface area contributed by atoms with Crippen molar-refractivity contribution in [3.8, 4) is 11.5 Å². The molecule has 0 fully saturated rings. The number of hydrogen-bond acceptors (Lipinski definition) is 3. The Balaban J connectivity index is 1.87. The maximum absolute atomic E-state index is 12.1. The zero-order valence-electron chi connectivity index (χ0n) is 14.6. The molecule has 0 aliphatic carbocycles. The van der Waals surface area contributed by atoms with Gasteiger partial charge in [0.1, 0.15) is 11.5 Å². The number of halogens is 1. The first-order valence-corrected chi connectivity index (χ1v) is 8.53. The van der Waals surface area contributed by atoms with Crippen LogP contribution in [0.1, 0.15) is 31.0 Å². The van der Waals surface area contributed by atoms with Crippen molar-refractivity contribution >= 4 is 17.6 Å². The Morgan fingerprint density at radius 3 is 2.56 bits per heavy atom. The first-order chi connectivity index (χ1) is 12.0. The number of rotatable bonds is 7. The van der Waals surface area contributed by atoms with Crippen LogP contribution in [0.4, 0.5) is 4.79 Å². The van der Waals surface area contributed by atoms with Crippen molar-refractivity contribution in [2.45, 2.75) is 26.8 Å². The molecule has 0 saturated carbocycles. The molecular weight excluding hydrogens is 340 g/mol. The van der Waals surface area contributed by atoms with Crippen molar-refractivity contribution in [1.82, 2.24) is 10.6 Å². The van der Waals surface area contributed by atoms with Crippen molar-refractivity contribution in [3.05, 3.63) is 58.6 Å². The van der Waals surface area contributed by atoms with Gasteiger partial charge in [0.05, 0.1) is 12.6 Å². The lowest BCUT2D eigenvalue weighted by Crippen LogP contribution is -2.39. The maximum Gasteiger partial charge on any atom is 0.317 e. The van der Waals surface area contributed by atoms with E-state index in [1.54, 1.807) is 24.3 Å². The van der Waals surface area contributed by atoms with Crippen molar-refractivity contribution < 1.29 is 14.3 Å².